The number of benzene rings is 2. The number of sulfonamides is 1. The van der Waals surface area contributed by atoms with Crippen molar-refractivity contribution in [3.05, 3.63) is 88.3 Å². The Kier molecular flexibility index (Phi) is 6.35. The third-order valence-corrected chi connectivity index (χ3v) is 6.98. The number of nitrogens with zero attached hydrogens (tertiary/aromatic N) is 3. The second kappa shape index (κ2) is 9.21. The lowest BCUT2D eigenvalue weighted by molar-refractivity contribution is 0.0954. The van der Waals surface area contributed by atoms with Gasteiger partial charge in [-0.3, -0.25) is 13.9 Å². The van der Waals surface area contributed by atoms with Gasteiger partial charge in [0.1, 0.15) is 5.82 Å². The minimum absolute atomic E-state index is 0.0567. The first-order chi connectivity index (χ1) is 15.7. The smallest absolute Gasteiger partial charge is 0.261 e. The second-order valence-electron chi connectivity index (χ2n) is 7.60. The number of carbonyl (C=O) groups excluding carboxylic acids is 1. The van der Waals surface area contributed by atoms with Gasteiger partial charge in [-0.2, -0.15) is 0 Å². The molecule has 0 unspecified atom stereocenters. The monoisotopic (exact) mass is 483 g/mol. The maximum absolute atomic E-state index is 12.9. The Labute approximate surface area is 196 Å². The van der Waals surface area contributed by atoms with E-state index in [0.29, 0.717) is 17.9 Å². The van der Waals surface area contributed by atoms with E-state index >= 15 is 0 Å². The summed E-state index contributed by atoms with van der Waals surface area (Å²) in [4.78, 5) is 12.7. The van der Waals surface area contributed by atoms with E-state index in [-0.39, 0.29) is 22.0 Å². The van der Waals surface area contributed by atoms with Gasteiger partial charge in [0.25, 0.3) is 15.9 Å². The SMILES string of the molecule is Cc1ccc(NS(=O)(=O)c2ccc(Cl)c(C(=O)NCCc3nnc4ccccn34)c2)cc1C. The van der Waals surface area contributed by atoms with Crippen molar-refractivity contribution in [1.82, 2.24) is 19.9 Å². The summed E-state index contributed by atoms with van der Waals surface area (Å²) in [6.45, 7) is 4.13. The molecule has 1 amide bonds. The third kappa shape index (κ3) is 4.99. The number of nitrogens with one attached hydrogen (secondary N) is 2. The van der Waals surface area contributed by atoms with Gasteiger partial charge in [0.2, 0.25) is 0 Å². The molecule has 0 bridgehead atoms. The zero-order valence-electron chi connectivity index (χ0n) is 18.0. The Morgan fingerprint density at radius 2 is 1.85 bits per heavy atom. The highest BCUT2D eigenvalue weighted by Crippen LogP contribution is 2.23. The summed E-state index contributed by atoms with van der Waals surface area (Å²) in [6.07, 6.45) is 2.29. The summed E-state index contributed by atoms with van der Waals surface area (Å²) in [7, 11) is -3.91. The molecule has 2 heterocycles. The molecule has 0 radical (unpaired) electrons. The summed E-state index contributed by atoms with van der Waals surface area (Å²) in [5.41, 5.74) is 3.26. The Morgan fingerprint density at radius 1 is 1.03 bits per heavy atom. The van der Waals surface area contributed by atoms with E-state index in [2.05, 4.69) is 20.2 Å². The summed E-state index contributed by atoms with van der Waals surface area (Å²) < 4.78 is 30.1. The molecule has 0 aliphatic carbocycles. The molecule has 170 valence electrons. The van der Waals surface area contributed by atoms with Crippen molar-refractivity contribution in [3.8, 4) is 0 Å². The van der Waals surface area contributed by atoms with E-state index in [9.17, 15) is 13.2 Å². The Morgan fingerprint density at radius 3 is 2.64 bits per heavy atom. The number of aryl methyl sites for hydroxylation is 2. The minimum atomic E-state index is -3.91. The number of aromatic nitrogens is 3. The normalized spacial score (nSPS) is 11.5. The van der Waals surface area contributed by atoms with Crippen LogP contribution in [0, 0.1) is 13.8 Å². The van der Waals surface area contributed by atoms with Crippen LogP contribution in [0.5, 0.6) is 0 Å². The number of pyridine rings is 1. The van der Waals surface area contributed by atoms with Gasteiger partial charge in [0.15, 0.2) is 5.65 Å². The molecule has 0 fully saturated rings. The average molecular weight is 484 g/mol. The van der Waals surface area contributed by atoms with Crippen molar-refractivity contribution in [3.63, 3.8) is 0 Å². The fourth-order valence-electron chi connectivity index (χ4n) is 3.31. The average Bonchev–Trinajstić information content (AvgIpc) is 3.19. The number of amides is 1. The quantitative estimate of drug-likeness (QED) is 0.416. The predicted octanol–water partition coefficient (Wildman–Crippen LogP) is 3.77. The molecular formula is C23H22ClN5O3S. The lowest BCUT2D eigenvalue weighted by atomic mass is 10.1. The molecule has 0 aliphatic heterocycles. The Balaban J connectivity index is 1.47. The van der Waals surface area contributed by atoms with Crippen molar-refractivity contribution < 1.29 is 13.2 Å². The maximum atomic E-state index is 12.9. The van der Waals surface area contributed by atoms with Crippen LogP contribution in [0.15, 0.2) is 65.7 Å². The largest absolute Gasteiger partial charge is 0.352 e. The molecule has 2 N–H and O–H groups in total. The zero-order chi connectivity index (χ0) is 23.6. The van der Waals surface area contributed by atoms with Crippen LogP contribution in [-0.2, 0) is 16.4 Å². The van der Waals surface area contributed by atoms with Crippen LogP contribution in [0.2, 0.25) is 5.02 Å². The van der Waals surface area contributed by atoms with Crippen molar-refractivity contribution in [2.45, 2.75) is 25.2 Å². The van der Waals surface area contributed by atoms with Crippen molar-refractivity contribution >= 4 is 38.9 Å². The van der Waals surface area contributed by atoms with Crippen LogP contribution in [0.25, 0.3) is 5.65 Å². The van der Waals surface area contributed by atoms with E-state index in [0.717, 1.165) is 16.8 Å². The molecule has 0 saturated heterocycles. The minimum Gasteiger partial charge on any atom is -0.352 e. The first-order valence-corrected chi connectivity index (χ1v) is 12.1. The Bertz CT molecular complexity index is 1450. The van der Waals surface area contributed by atoms with Gasteiger partial charge in [-0.05, 0) is 67.4 Å². The predicted molar refractivity (Wildman–Crippen MR) is 127 cm³/mol. The summed E-state index contributed by atoms with van der Waals surface area (Å²) in [6, 6.07) is 14.9. The highest BCUT2D eigenvalue weighted by molar-refractivity contribution is 7.92. The highest BCUT2D eigenvalue weighted by Gasteiger charge is 2.19. The first kappa shape index (κ1) is 22.8. The van der Waals surface area contributed by atoms with Crippen molar-refractivity contribution in [2.75, 3.05) is 11.3 Å². The van der Waals surface area contributed by atoms with Gasteiger partial charge in [0.05, 0.1) is 15.5 Å². The molecule has 4 rings (SSSR count). The van der Waals surface area contributed by atoms with Crippen LogP contribution in [0.3, 0.4) is 0 Å². The molecule has 2 aromatic heterocycles. The molecule has 2 aromatic carbocycles. The maximum Gasteiger partial charge on any atom is 0.261 e. The van der Waals surface area contributed by atoms with Crippen LogP contribution < -0.4 is 10.0 Å². The molecular weight excluding hydrogens is 462 g/mol. The summed E-state index contributed by atoms with van der Waals surface area (Å²) in [5, 5.41) is 11.1. The fourth-order valence-corrected chi connectivity index (χ4v) is 4.59. The highest BCUT2D eigenvalue weighted by atomic mass is 35.5. The summed E-state index contributed by atoms with van der Waals surface area (Å²) >= 11 is 6.19. The molecule has 0 aliphatic rings. The van der Waals surface area contributed by atoms with Crippen molar-refractivity contribution in [2.24, 2.45) is 0 Å². The standard InChI is InChI=1S/C23H22ClN5O3S/c1-15-6-7-17(13-16(15)2)28-33(31,32)18-8-9-20(24)19(14-18)23(30)25-11-10-22-27-26-21-5-3-4-12-29(21)22/h3-9,12-14,28H,10-11H2,1-2H3,(H,25,30). The number of halogens is 1. The van der Waals surface area contributed by atoms with Gasteiger partial charge < -0.3 is 5.32 Å². The Hall–Kier alpha value is -3.43. The fraction of sp³-hybridized carbons (Fsp3) is 0.174. The van der Waals surface area contributed by atoms with E-state index in [4.69, 9.17) is 11.6 Å². The number of hydrogen-bond donors (Lipinski definition) is 2. The number of rotatable bonds is 7. The van der Waals surface area contributed by atoms with Crippen LogP contribution >= 0.6 is 11.6 Å². The third-order valence-electron chi connectivity index (χ3n) is 5.27. The molecule has 0 spiro atoms. The number of fused-ring (bicyclic) bond motifs is 1. The number of carbonyl (C=O) groups is 1. The molecule has 10 heteroatoms. The molecule has 0 atom stereocenters. The van der Waals surface area contributed by atoms with Gasteiger partial charge in [-0.1, -0.05) is 23.7 Å². The van der Waals surface area contributed by atoms with Gasteiger partial charge in [0, 0.05) is 24.8 Å². The van der Waals surface area contributed by atoms with Gasteiger partial charge in [-0.25, -0.2) is 8.42 Å². The second-order valence-corrected chi connectivity index (χ2v) is 9.69. The van der Waals surface area contributed by atoms with Gasteiger partial charge in [-0.15, -0.1) is 10.2 Å². The van der Waals surface area contributed by atoms with E-state index in [1.807, 2.05) is 48.7 Å². The van der Waals surface area contributed by atoms with E-state index in [1.54, 1.807) is 12.1 Å². The number of anilines is 1. The van der Waals surface area contributed by atoms with Crippen molar-refractivity contribution in [1.29, 1.82) is 0 Å². The molecule has 33 heavy (non-hydrogen) atoms. The van der Waals surface area contributed by atoms with Crippen LogP contribution in [0.1, 0.15) is 27.3 Å². The zero-order valence-corrected chi connectivity index (χ0v) is 19.6. The topological polar surface area (TPSA) is 105 Å². The number of hydrogen-bond acceptors (Lipinski definition) is 5. The van der Waals surface area contributed by atoms with Crippen LogP contribution in [-0.4, -0.2) is 35.5 Å². The summed E-state index contributed by atoms with van der Waals surface area (Å²) in [5.74, 6) is 0.225. The van der Waals surface area contributed by atoms with E-state index < -0.39 is 15.9 Å². The van der Waals surface area contributed by atoms with E-state index in [1.165, 1.54) is 18.2 Å². The molecule has 0 saturated carbocycles. The molecule has 8 nitrogen and oxygen atoms in total. The van der Waals surface area contributed by atoms with Gasteiger partial charge >= 0.3 is 0 Å². The molecule has 4 aromatic rings. The first-order valence-electron chi connectivity index (χ1n) is 10.2. The lowest BCUT2D eigenvalue weighted by Gasteiger charge is -2.12. The lowest BCUT2D eigenvalue weighted by Crippen LogP contribution is -2.27. The van der Waals surface area contributed by atoms with Crippen LogP contribution in [0.4, 0.5) is 5.69 Å².